The molecule has 1 aromatic rings. The third-order valence-electron chi connectivity index (χ3n) is 3.86. The van der Waals surface area contributed by atoms with E-state index in [1.807, 2.05) is 6.07 Å². The molecule has 0 saturated heterocycles. The highest BCUT2D eigenvalue weighted by atomic mass is 79.9. The van der Waals surface area contributed by atoms with Crippen LogP contribution >= 0.6 is 15.9 Å². The second kappa shape index (κ2) is 6.14. The first-order valence-corrected chi connectivity index (χ1v) is 7.56. The van der Waals surface area contributed by atoms with Gasteiger partial charge in [-0.1, -0.05) is 13.8 Å². The van der Waals surface area contributed by atoms with Crippen molar-refractivity contribution in [2.24, 2.45) is 11.8 Å². The van der Waals surface area contributed by atoms with Gasteiger partial charge in [0.25, 0.3) is 0 Å². The van der Waals surface area contributed by atoms with Gasteiger partial charge in [0.15, 0.2) is 0 Å². The third kappa shape index (κ3) is 3.06. The van der Waals surface area contributed by atoms with Crippen LogP contribution in [0.5, 0.6) is 11.5 Å². The SMILES string of the molecule is CCNC(c1cc(OC)c(Br)cc1OC)C1CC1C. The fourth-order valence-electron chi connectivity index (χ4n) is 2.65. The molecule has 106 valence electrons. The summed E-state index contributed by atoms with van der Waals surface area (Å²) in [6, 6.07) is 4.42. The van der Waals surface area contributed by atoms with Crippen molar-refractivity contribution in [3.63, 3.8) is 0 Å². The first kappa shape index (κ1) is 14.7. The van der Waals surface area contributed by atoms with Crippen LogP contribution in [-0.4, -0.2) is 20.8 Å². The third-order valence-corrected chi connectivity index (χ3v) is 4.48. The maximum absolute atomic E-state index is 5.54. The van der Waals surface area contributed by atoms with Gasteiger partial charge < -0.3 is 14.8 Å². The summed E-state index contributed by atoms with van der Waals surface area (Å²) in [7, 11) is 3.41. The minimum atomic E-state index is 0.344. The molecule has 0 amide bonds. The van der Waals surface area contributed by atoms with Crippen LogP contribution in [0.3, 0.4) is 0 Å². The topological polar surface area (TPSA) is 30.5 Å². The first-order valence-electron chi connectivity index (χ1n) is 6.77. The Morgan fingerprint density at radius 3 is 2.42 bits per heavy atom. The summed E-state index contributed by atoms with van der Waals surface area (Å²) in [5.41, 5.74) is 1.19. The van der Waals surface area contributed by atoms with Crippen molar-refractivity contribution in [3.8, 4) is 11.5 Å². The average molecular weight is 328 g/mol. The van der Waals surface area contributed by atoms with Crippen molar-refractivity contribution >= 4 is 15.9 Å². The quantitative estimate of drug-likeness (QED) is 0.862. The van der Waals surface area contributed by atoms with E-state index in [0.29, 0.717) is 12.0 Å². The van der Waals surface area contributed by atoms with Crippen LogP contribution in [0.2, 0.25) is 0 Å². The van der Waals surface area contributed by atoms with E-state index in [1.54, 1.807) is 14.2 Å². The molecule has 0 spiro atoms. The Morgan fingerprint density at radius 1 is 1.32 bits per heavy atom. The fourth-order valence-corrected chi connectivity index (χ4v) is 3.14. The molecule has 19 heavy (non-hydrogen) atoms. The number of rotatable bonds is 6. The molecule has 1 fully saturated rings. The molecule has 0 aliphatic heterocycles. The Kier molecular flexibility index (Phi) is 4.74. The van der Waals surface area contributed by atoms with Gasteiger partial charge >= 0.3 is 0 Å². The molecular formula is C15H22BrNO2. The lowest BCUT2D eigenvalue weighted by molar-refractivity contribution is 0.380. The summed E-state index contributed by atoms with van der Waals surface area (Å²) in [5, 5.41) is 3.59. The summed E-state index contributed by atoms with van der Waals surface area (Å²) in [6.45, 7) is 5.40. The lowest BCUT2D eigenvalue weighted by Gasteiger charge is -2.22. The van der Waals surface area contributed by atoms with Crippen LogP contribution < -0.4 is 14.8 Å². The Morgan fingerprint density at radius 2 is 1.95 bits per heavy atom. The van der Waals surface area contributed by atoms with Gasteiger partial charge in [0.1, 0.15) is 11.5 Å². The molecule has 3 unspecified atom stereocenters. The van der Waals surface area contributed by atoms with Crippen LogP contribution in [0.1, 0.15) is 31.9 Å². The Bertz CT molecular complexity index is 450. The molecule has 0 heterocycles. The second-order valence-electron chi connectivity index (χ2n) is 5.14. The predicted octanol–water partition coefficient (Wildman–Crippen LogP) is 3.77. The molecule has 0 radical (unpaired) electrons. The molecule has 1 saturated carbocycles. The smallest absolute Gasteiger partial charge is 0.133 e. The zero-order valence-corrected chi connectivity index (χ0v) is 13.6. The van der Waals surface area contributed by atoms with E-state index in [1.165, 1.54) is 12.0 Å². The van der Waals surface area contributed by atoms with Crippen LogP contribution in [0, 0.1) is 11.8 Å². The van der Waals surface area contributed by atoms with E-state index in [2.05, 4.69) is 41.2 Å². The van der Waals surface area contributed by atoms with Crippen molar-refractivity contribution in [2.45, 2.75) is 26.3 Å². The molecule has 3 nitrogen and oxygen atoms in total. The zero-order valence-electron chi connectivity index (χ0n) is 12.0. The summed E-state index contributed by atoms with van der Waals surface area (Å²) >= 11 is 3.51. The highest BCUT2D eigenvalue weighted by Crippen LogP contribution is 2.49. The van der Waals surface area contributed by atoms with Crippen LogP contribution in [0.25, 0.3) is 0 Å². The van der Waals surface area contributed by atoms with Gasteiger partial charge in [0.05, 0.1) is 18.7 Å². The second-order valence-corrected chi connectivity index (χ2v) is 6.00. The van der Waals surface area contributed by atoms with Gasteiger partial charge in [-0.05, 0) is 52.9 Å². The lowest BCUT2D eigenvalue weighted by atomic mass is 9.99. The fraction of sp³-hybridized carbons (Fsp3) is 0.600. The summed E-state index contributed by atoms with van der Waals surface area (Å²) in [6.07, 6.45) is 1.28. The van der Waals surface area contributed by atoms with Crippen LogP contribution in [-0.2, 0) is 0 Å². The number of nitrogens with one attached hydrogen (secondary N) is 1. The Hall–Kier alpha value is -0.740. The summed E-state index contributed by atoms with van der Waals surface area (Å²) < 4.78 is 11.9. The van der Waals surface area contributed by atoms with E-state index >= 15 is 0 Å². The van der Waals surface area contributed by atoms with Crippen molar-refractivity contribution in [2.75, 3.05) is 20.8 Å². The molecule has 1 aliphatic rings. The van der Waals surface area contributed by atoms with Crippen LogP contribution in [0.15, 0.2) is 16.6 Å². The van der Waals surface area contributed by atoms with Gasteiger partial charge in [-0.25, -0.2) is 0 Å². The Balaban J connectivity index is 2.39. The minimum absolute atomic E-state index is 0.344. The monoisotopic (exact) mass is 327 g/mol. The van der Waals surface area contributed by atoms with Gasteiger partial charge in [-0.3, -0.25) is 0 Å². The summed E-state index contributed by atoms with van der Waals surface area (Å²) in [5.74, 6) is 3.24. The molecule has 3 atom stereocenters. The highest BCUT2D eigenvalue weighted by molar-refractivity contribution is 9.10. The first-order chi connectivity index (χ1) is 9.12. The molecule has 1 N–H and O–H groups in total. The van der Waals surface area contributed by atoms with E-state index in [0.717, 1.165) is 28.4 Å². The highest BCUT2D eigenvalue weighted by Gasteiger charge is 2.41. The van der Waals surface area contributed by atoms with E-state index < -0.39 is 0 Å². The average Bonchev–Trinajstić information content (AvgIpc) is 3.12. The molecular weight excluding hydrogens is 306 g/mol. The molecule has 2 rings (SSSR count). The Labute approximate surface area is 123 Å². The van der Waals surface area contributed by atoms with Gasteiger partial charge in [0.2, 0.25) is 0 Å². The maximum atomic E-state index is 5.54. The van der Waals surface area contributed by atoms with Crippen molar-refractivity contribution in [1.29, 1.82) is 0 Å². The summed E-state index contributed by atoms with van der Waals surface area (Å²) in [4.78, 5) is 0. The number of hydrogen-bond acceptors (Lipinski definition) is 3. The number of methoxy groups -OCH3 is 2. The molecule has 4 heteroatoms. The van der Waals surface area contributed by atoms with E-state index in [4.69, 9.17) is 9.47 Å². The maximum Gasteiger partial charge on any atom is 0.133 e. The van der Waals surface area contributed by atoms with Crippen molar-refractivity contribution in [3.05, 3.63) is 22.2 Å². The van der Waals surface area contributed by atoms with E-state index in [-0.39, 0.29) is 0 Å². The molecule has 0 aromatic heterocycles. The largest absolute Gasteiger partial charge is 0.496 e. The van der Waals surface area contributed by atoms with Crippen molar-refractivity contribution in [1.82, 2.24) is 5.32 Å². The minimum Gasteiger partial charge on any atom is -0.496 e. The van der Waals surface area contributed by atoms with Gasteiger partial charge in [0, 0.05) is 11.6 Å². The number of ether oxygens (including phenoxy) is 2. The predicted molar refractivity (Wildman–Crippen MR) is 80.9 cm³/mol. The van der Waals surface area contributed by atoms with Gasteiger partial charge in [-0.15, -0.1) is 0 Å². The number of benzene rings is 1. The van der Waals surface area contributed by atoms with Crippen LogP contribution in [0.4, 0.5) is 0 Å². The zero-order chi connectivity index (χ0) is 14.0. The molecule has 1 aromatic carbocycles. The molecule has 1 aliphatic carbocycles. The lowest BCUT2D eigenvalue weighted by Crippen LogP contribution is -2.24. The number of halogens is 1. The van der Waals surface area contributed by atoms with Gasteiger partial charge in [-0.2, -0.15) is 0 Å². The number of hydrogen-bond donors (Lipinski definition) is 1. The molecule has 0 bridgehead atoms. The standard InChI is InChI=1S/C15H22BrNO2/c1-5-17-15(10-6-9(10)2)11-7-14(19-4)12(16)8-13(11)18-3/h7-10,15,17H,5-6H2,1-4H3. The normalized spacial score (nSPS) is 23.0. The van der Waals surface area contributed by atoms with E-state index in [9.17, 15) is 0 Å². The van der Waals surface area contributed by atoms with Crippen molar-refractivity contribution < 1.29 is 9.47 Å².